The van der Waals surface area contributed by atoms with Crippen LogP contribution in [0.3, 0.4) is 0 Å². The van der Waals surface area contributed by atoms with Gasteiger partial charge >= 0.3 is 0 Å². The van der Waals surface area contributed by atoms with Crippen molar-refractivity contribution in [1.29, 1.82) is 0 Å². The first-order valence-corrected chi connectivity index (χ1v) is 13.2. The van der Waals surface area contributed by atoms with E-state index in [1.54, 1.807) is 6.07 Å². The van der Waals surface area contributed by atoms with Crippen LogP contribution in [0.4, 0.5) is 0 Å². The van der Waals surface area contributed by atoms with Crippen LogP contribution in [0, 0.1) is 29.6 Å². The molecular formula is C28H32N2O9. The van der Waals surface area contributed by atoms with Crippen molar-refractivity contribution in [3.8, 4) is 5.75 Å². The van der Waals surface area contributed by atoms with E-state index in [9.17, 15) is 44.1 Å². The number of hydrogen-bond acceptors (Lipinski definition) is 10. The van der Waals surface area contributed by atoms with Gasteiger partial charge in [0.25, 0.3) is 0 Å². The second-order valence-corrected chi connectivity index (χ2v) is 11.6. The van der Waals surface area contributed by atoms with Crippen LogP contribution in [0.1, 0.15) is 53.9 Å². The van der Waals surface area contributed by atoms with Crippen molar-refractivity contribution >= 4 is 34.8 Å². The van der Waals surface area contributed by atoms with Crippen molar-refractivity contribution in [3.63, 3.8) is 0 Å². The minimum Gasteiger partial charge on any atom is -0.507 e. The monoisotopic (exact) mass is 540 g/mol. The first-order chi connectivity index (χ1) is 18.3. The molecular weight excluding hydrogens is 508 g/mol. The lowest BCUT2D eigenvalue weighted by Gasteiger charge is -2.56. The number of fused-ring (bicyclic) bond motifs is 3. The Morgan fingerprint density at radius 1 is 1.08 bits per heavy atom. The molecule has 2 unspecified atom stereocenters. The van der Waals surface area contributed by atoms with Gasteiger partial charge in [0.1, 0.15) is 11.5 Å². The highest BCUT2D eigenvalue weighted by atomic mass is 16.3. The van der Waals surface area contributed by atoms with E-state index in [0.29, 0.717) is 12.8 Å². The van der Waals surface area contributed by atoms with E-state index in [0.717, 1.165) is 12.8 Å². The largest absolute Gasteiger partial charge is 0.507 e. The molecule has 1 amide bonds. The average Bonchev–Trinajstić information content (AvgIpc) is 3.40. The van der Waals surface area contributed by atoms with E-state index in [-0.39, 0.29) is 29.2 Å². The molecule has 0 aliphatic heterocycles. The maximum absolute atomic E-state index is 14.1. The Hall–Kier alpha value is -3.28. The number of aliphatic hydroxyl groups excluding tert-OH is 1. The highest BCUT2D eigenvalue weighted by Gasteiger charge is 2.73. The number of nitrogens with zero attached hydrogens (tertiary/aromatic N) is 1. The standard InChI is InChI=1S/C28H32N2O9/c1-30(2)21-20-23(34)17-13(10-15(32)11-6-3-4-7-11)12-8-5-9-14(31)16(12)22(33)18(17)25(36)28(20,39)26(37)19(24(21)35)27(29)38/h5,8-9,11,13,17-21,23,31,34,39H,3-4,6-7,10H2,1-2H3,(H2,29,38)/t13-,17+,18?,19?,20+,21-,23-,28-/m1/s1. The zero-order valence-corrected chi connectivity index (χ0v) is 21.7. The topological polar surface area (TPSA) is 192 Å². The number of rotatable bonds is 5. The molecule has 0 heterocycles. The molecule has 39 heavy (non-hydrogen) atoms. The number of benzene rings is 1. The lowest BCUT2D eigenvalue weighted by Crippen LogP contribution is -2.77. The second kappa shape index (κ2) is 9.42. The predicted molar refractivity (Wildman–Crippen MR) is 133 cm³/mol. The van der Waals surface area contributed by atoms with Crippen LogP contribution in [0.2, 0.25) is 0 Å². The van der Waals surface area contributed by atoms with Crippen molar-refractivity contribution in [3.05, 3.63) is 29.3 Å². The molecule has 11 nitrogen and oxygen atoms in total. The quantitative estimate of drug-likeness (QED) is 0.355. The summed E-state index contributed by atoms with van der Waals surface area (Å²) in [5.41, 5.74) is 2.34. The molecule has 4 aliphatic carbocycles. The number of likely N-dealkylation sites (N-methyl/N-ethyl adjacent to an activating group) is 1. The lowest BCUT2D eigenvalue weighted by molar-refractivity contribution is -0.197. The maximum atomic E-state index is 14.1. The highest BCUT2D eigenvalue weighted by Crippen LogP contribution is 2.55. The number of aliphatic hydroxyl groups is 2. The van der Waals surface area contributed by atoms with E-state index < -0.39 is 82.1 Å². The van der Waals surface area contributed by atoms with Gasteiger partial charge in [0, 0.05) is 18.3 Å². The van der Waals surface area contributed by atoms with Gasteiger partial charge in [-0.1, -0.05) is 25.0 Å². The first-order valence-electron chi connectivity index (χ1n) is 13.2. The van der Waals surface area contributed by atoms with Gasteiger partial charge in [-0.15, -0.1) is 0 Å². The average molecular weight is 541 g/mol. The Labute approximate surface area is 224 Å². The van der Waals surface area contributed by atoms with Crippen LogP contribution >= 0.6 is 0 Å². The van der Waals surface area contributed by atoms with Crippen molar-refractivity contribution in [1.82, 2.24) is 4.90 Å². The summed E-state index contributed by atoms with van der Waals surface area (Å²) in [6.07, 6.45) is 1.30. The number of Topliss-reactive ketones (excluding diaryl/α,β-unsaturated/α-hetero) is 5. The van der Waals surface area contributed by atoms with Gasteiger partial charge in [-0.3, -0.25) is 33.7 Å². The minimum atomic E-state index is -3.07. The van der Waals surface area contributed by atoms with Crippen molar-refractivity contribution < 1.29 is 44.1 Å². The summed E-state index contributed by atoms with van der Waals surface area (Å²) in [5, 5.41) is 34.2. The van der Waals surface area contributed by atoms with Gasteiger partial charge in [0.15, 0.2) is 34.7 Å². The van der Waals surface area contributed by atoms with E-state index >= 15 is 0 Å². The van der Waals surface area contributed by atoms with Gasteiger partial charge in [-0.05, 0) is 44.5 Å². The molecule has 3 saturated carbocycles. The Balaban J connectivity index is 1.70. The first kappa shape index (κ1) is 27.3. The van der Waals surface area contributed by atoms with Crippen molar-refractivity contribution in [2.24, 2.45) is 35.3 Å². The zero-order chi connectivity index (χ0) is 28.5. The summed E-state index contributed by atoms with van der Waals surface area (Å²) in [6, 6.07) is 2.84. The number of aromatic hydroxyl groups is 1. The van der Waals surface area contributed by atoms with Crippen LogP contribution in [0.15, 0.2) is 18.2 Å². The molecule has 0 spiro atoms. The Bertz CT molecular complexity index is 1300. The third-order valence-corrected chi connectivity index (χ3v) is 9.38. The highest BCUT2D eigenvalue weighted by molar-refractivity contribution is 6.32. The fraction of sp³-hybridized carbons (Fsp3) is 0.571. The third kappa shape index (κ3) is 3.74. The van der Waals surface area contributed by atoms with Gasteiger partial charge in [0.05, 0.1) is 29.5 Å². The predicted octanol–water partition coefficient (Wildman–Crippen LogP) is -0.472. The van der Waals surface area contributed by atoms with Crippen LogP contribution in [-0.4, -0.2) is 86.9 Å². The molecule has 11 heteroatoms. The molecule has 1 aromatic rings. The number of hydrogen-bond donors (Lipinski definition) is 4. The summed E-state index contributed by atoms with van der Waals surface area (Å²) in [6.45, 7) is 0. The maximum Gasteiger partial charge on any atom is 0.235 e. The van der Waals surface area contributed by atoms with Gasteiger partial charge < -0.3 is 21.1 Å². The second-order valence-electron chi connectivity index (χ2n) is 11.6. The number of amides is 1. The summed E-state index contributed by atoms with van der Waals surface area (Å²) in [7, 11) is 2.86. The number of nitrogens with two attached hydrogens (primary N) is 1. The minimum absolute atomic E-state index is 0.103. The van der Waals surface area contributed by atoms with E-state index in [2.05, 4.69) is 0 Å². The smallest absolute Gasteiger partial charge is 0.235 e. The molecule has 5 rings (SSSR count). The Morgan fingerprint density at radius 2 is 1.72 bits per heavy atom. The van der Waals surface area contributed by atoms with Crippen molar-refractivity contribution in [2.45, 2.75) is 55.8 Å². The van der Waals surface area contributed by atoms with E-state index in [1.807, 2.05) is 0 Å². The van der Waals surface area contributed by atoms with Crippen LogP contribution in [0.25, 0.3) is 0 Å². The molecule has 0 aromatic heterocycles. The number of phenols is 1. The number of ketones is 5. The molecule has 0 saturated heterocycles. The molecule has 5 N–H and O–H groups in total. The van der Waals surface area contributed by atoms with E-state index in [4.69, 9.17) is 5.73 Å². The molecule has 1 aromatic carbocycles. The molecule has 8 atom stereocenters. The van der Waals surface area contributed by atoms with Crippen LogP contribution < -0.4 is 5.73 Å². The van der Waals surface area contributed by atoms with Gasteiger partial charge in [0.2, 0.25) is 5.91 Å². The molecule has 0 bridgehead atoms. The summed E-state index contributed by atoms with van der Waals surface area (Å²) >= 11 is 0. The third-order valence-electron chi connectivity index (χ3n) is 9.38. The van der Waals surface area contributed by atoms with Crippen LogP contribution in [-0.2, 0) is 24.0 Å². The summed E-state index contributed by atoms with van der Waals surface area (Å²) < 4.78 is 0. The fourth-order valence-electron chi connectivity index (χ4n) is 7.64. The molecule has 4 aliphatic rings. The number of phenolic OH excluding ortho intramolecular Hbond substituents is 1. The molecule has 208 valence electrons. The Morgan fingerprint density at radius 3 is 2.31 bits per heavy atom. The lowest BCUT2D eigenvalue weighted by atomic mass is 9.49. The fourth-order valence-corrected chi connectivity index (χ4v) is 7.64. The number of carbonyl (C=O) groups is 6. The van der Waals surface area contributed by atoms with Gasteiger partial charge in [-0.2, -0.15) is 0 Å². The van der Waals surface area contributed by atoms with Crippen LogP contribution in [0.5, 0.6) is 5.75 Å². The van der Waals surface area contributed by atoms with Gasteiger partial charge in [-0.25, -0.2) is 0 Å². The summed E-state index contributed by atoms with van der Waals surface area (Å²) in [5.74, 6) is -14.5. The zero-order valence-electron chi connectivity index (χ0n) is 21.7. The summed E-state index contributed by atoms with van der Waals surface area (Å²) in [4.78, 5) is 81.4. The number of primary amides is 1. The normalized spacial score (nSPS) is 36.5. The van der Waals surface area contributed by atoms with Crippen molar-refractivity contribution in [2.75, 3.05) is 14.1 Å². The van der Waals surface area contributed by atoms with E-state index in [1.165, 1.54) is 31.1 Å². The SMILES string of the molecule is CN(C)[C@H]1C(=O)C(C(N)=O)C(=O)[C@]2(O)C(=O)C3C(=O)c4c(O)cccc4[C@@H](CC(=O)C4CCCC4)[C@@H]3[C@@H](O)[C@H]12. The number of carbonyl (C=O) groups excluding carboxylic acids is 6. The molecule has 3 fully saturated rings. The molecule has 0 radical (unpaired) electrons. The Kier molecular flexibility index (Phi) is 6.60.